The zero-order valence-corrected chi connectivity index (χ0v) is 22.8. The molecule has 0 saturated heterocycles. The number of aryl methyl sites for hydroxylation is 1. The summed E-state index contributed by atoms with van der Waals surface area (Å²) in [4.78, 5) is 28.0. The molecule has 11 heteroatoms. The number of anilines is 2. The Bertz CT molecular complexity index is 1470. The smallest absolute Gasteiger partial charge is 0.341 e. The molecule has 4 aromatic rings. The monoisotopic (exact) mass is 594 g/mol. The number of halogens is 1. The van der Waals surface area contributed by atoms with E-state index in [1.807, 2.05) is 48.7 Å². The normalized spacial score (nSPS) is 10.8. The van der Waals surface area contributed by atoms with Crippen LogP contribution in [0.2, 0.25) is 0 Å². The number of carbonyl (C=O) groups excluding carboxylic acids is 1. The number of hydrazone groups is 1. The van der Waals surface area contributed by atoms with Crippen molar-refractivity contribution in [2.75, 3.05) is 19.0 Å². The van der Waals surface area contributed by atoms with Gasteiger partial charge in [0.25, 0.3) is 5.91 Å². The van der Waals surface area contributed by atoms with Gasteiger partial charge in [0.1, 0.15) is 0 Å². The van der Waals surface area contributed by atoms with E-state index >= 15 is 0 Å². The van der Waals surface area contributed by atoms with Gasteiger partial charge in [-0.3, -0.25) is 4.79 Å². The number of nitrogens with one attached hydrogen (secondary N) is 2. The number of nitrogens with zero attached hydrogens (tertiary/aromatic N) is 2. The molecule has 0 aliphatic heterocycles. The molecule has 1 amide bonds. The standard InChI is InChI=1S/C27H23BrN4O5S/c1-16-3-9-20(10-4-16)30-27-31-22(15-38-27)18-5-7-19(8-6-18)26(35)32-29-13-17-11-21(28)25(23(12-17)36-2)37-14-24(33)34/h3-13,15H,14H2,1-2H3,(H,30,31)(H,32,35)(H,33,34)/b29-13-. The zero-order valence-electron chi connectivity index (χ0n) is 20.4. The van der Waals surface area contributed by atoms with E-state index in [1.165, 1.54) is 30.2 Å². The van der Waals surface area contributed by atoms with Gasteiger partial charge in [0, 0.05) is 22.2 Å². The van der Waals surface area contributed by atoms with Crippen LogP contribution in [-0.2, 0) is 4.79 Å². The highest BCUT2D eigenvalue weighted by molar-refractivity contribution is 9.10. The molecule has 0 aliphatic rings. The summed E-state index contributed by atoms with van der Waals surface area (Å²) >= 11 is 4.84. The van der Waals surface area contributed by atoms with E-state index in [0.29, 0.717) is 21.3 Å². The number of carboxylic acids is 1. The van der Waals surface area contributed by atoms with Crippen LogP contribution >= 0.6 is 27.3 Å². The predicted molar refractivity (Wildman–Crippen MR) is 151 cm³/mol. The highest BCUT2D eigenvalue weighted by Gasteiger charge is 2.13. The lowest BCUT2D eigenvalue weighted by molar-refractivity contribution is -0.139. The minimum absolute atomic E-state index is 0.259. The highest BCUT2D eigenvalue weighted by Crippen LogP contribution is 2.36. The van der Waals surface area contributed by atoms with Crippen molar-refractivity contribution in [1.29, 1.82) is 0 Å². The van der Waals surface area contributed by atoms with Crippen LogP contribution in [0.3, 0.4) is 0 Å². The number of thiazole rings is 1. The van der Waals surface area contributed by atoms with Crippen molar-refractivity contribution in [1.82, 2.24) is 10.4 Å². The number of methoxy groups -OCH3 is 1. The van der Waals surface area contributed by atoms with Crippen LogP contribution in [0.4, 0.5) is 10.8 Å². The fourth-order valence-electron chi connectivity index (χ4n) is 3.33. The van der Waals surface area contributed by atoms with Gasteiger partial charge in [-0.2, -0.15) is 5.10 Å². The fraction of sp³-hybridized carbons (Fsp3) is 0.111. The van der Waals surface area contributed by atoms with Gasteiger partial charge in [-0.25, -0.2) is 15.2 Å². The maximum absolute atomic E-state index is 12.5. The predicted octanol–water partition coefficient (Wildman–Crippen LogP) is 5.86. The molecule has 0 atom stereocenters. The van der Waals surface area contributed by atoms with E-state index in [1.54, 1.807) is 24.3 Å². The van der Waals surface area contributed by atoms with E-state index in [4.69, 9.17) is 14.6 Å². The second kappa shape index (κ2) is 12.3. The van der Waals surface area contributed by atoms with Crippen LogP contribution < -0.4 is 20.2 Å². The number of rotatable bonds is 10. The van der Waals surface area contributed by atoms with Crippen molar-refractivity contribution < 1.29 is 24.2 Å². The van der Waals surface area contributed by atoms with E-state index in [-0.39, 0.29) is 11.7 Å². The van der Waals surface area contributed by atoms with Crippen LogP contribution in [0.15, 0.2) is 75.6 Å². The average molecular weight is 595 g/mol. The molecule has 3 aromatic carbocycles. The van der Waals surface area contributed by atoms with Gasteiger partial charge >= 0.3 is 5.97 Å². The van der Waals surface area contributed by atoms with Crippen LogP contribution in [0.5, 0.6) is 11.5 Å². The summed E-state index contributed by atoms with van der Waals surface area (Å²) in [5.74, 6) is -0.898. The molecular weight excluding hydrogens is 572 g/mol. The molecule has 194 valence electrons. The van der Waals surface area contributed by atoms with Gasteiger partial charge in [0.15, 0.2) is 23.2 Å². The lowest BCUT2D eigenvalue weighted by atomic mass is 10.1. The molecule has 4 rings (SSSR count). The van der Waals surface area contributed by atoms with Gasteiger partial charge in [-0.15, -0.1) is 11.3 Å². The van der Waals surface area contributed by atoms with Crippen LogP contribution in [0.1, 0.15) is 21.5 Å². The Balaban J connectivity index is 1.37. The average Bonchev–Trinajstić information content (AvgIpc) is 3.37. The van der Waals surface area contributed by atoms with E-state index in [2.05, 4.69) is 36.8 Å². The number of carbonyl (C=O) groups is 2. The minimum atomic E-state index is -1.10. The Kier molecular flexibility index (Phi) is 8.72. The van der Waals surface area contributed by atoms with Crippen molar-refractivity contribution in [2.24, 2.45) is 5.10 Å². The van der Waals surface area contributed by atoms with Gasteiger partial charge in [0.2, 0.25) is 0 Å². The third kappa shape index (κ3) is 6.96. The fourth-order valence-corrected chi connectivity index (χ4v) is 4.65. The number of carboxylic acid groups (broad SMARTS) is 1. The molecule has 0 spiro atoms. The Hall–Kier alpha value is -4.22. The minimum Gasteiger partial charge on any atom is -0.493 e. The SMILES string of the molecule is COc1cc(/C=N\NC(=O)c2ccc(-c3csc(Nc4ccc(C)cc4)n3)cc2)cc(Br)c1OCC(=O)O. The molecule has 3 N–H and O–H groups in total. The second-order valence-corrected chi connectivity index (χ2v) is 9.73. The molecule has 0 unspecified atom stereocenters. The lowest BCUT2D eigenvalue weighted by Crippen LogP contribution is -2.17. The summed E-state index contributed by atoms with van der Waals surface area (Å²) in [6.07, 6.45) is 1.44. The largest absolute Gasteiger partial charge is 0.493 e. The number of aliphatic carboxylic acids is 1. The Labute approximate surface area is 231 Å². The van der Waals surface area contributed by atoms with Crippen molar-refractivity contribution >= 4 is 56.2 Å². The van der Waals surface area contributed by atoms with Gasteiger partial charge in [-0.05, 0) is 64.8 Å². The highest BCUT2D eigenvalue weighted by atomic mass is 79.9. The second-order valence-electron chi connectivity index (χ2n) is 8.02. The van der Waals surface area contributed by atoms with Crippen molar-refractivity contribution in [3.63, 3.8) is 0 Å². The summed E-state index contributed by atoms with van der Waals surface area (Å²) in [5.41, 5.74) is 7.40. The molecule has 9 nitrogen and oxygen atoms in total. The third-order valence-electron chi connectivity index (χ3n) is 5.22. The van der Waals surface area contributed by atoms with Gasteiger partial charge < -0.3 is 19.9 Å². The van der Waals surface area contributed by atoms with E-state index in [9.17, 15) is 9.59 Å². The summed E-state index contributed by atoms with van der Waals surface area (Å²) in [5, 5.41) is 18.9. The number of benzene rings is 3. The van der Waals surface area contributed by atoms with Crippen LogP contribution in [0, 0.1) is 6.92 Å². The molecule has 0 fully saturated rings. The molecule has 0 saturated carbocycles. The number of hydrogen-bond acceptors (Lipinski definition) is 8. The third-order valence-corrected chi connectivity index (χ3v) is 6.57. The van der Waals surface area contributed by atoms with Gasteiger partial charge in [-0.1, -0.05) is 29.8 Å². The first-order chi connectivity index (χ1) is 18.3. The van der Waals surface area contributed by atoms with Crippen molar-refractivity contribution in [3.8, 4) is 22.8 Å². The quantitative estimate of drug-likeness (QED) is 0.155. The first-order valence-corrected chi connectivity index (χ1v) is 12.9. The van der Waals surface area contributed by atoms with Crippen LogP contribution in [-0.4, -0.2) is 41.9 Å². The molecule has 1 heterocycles. The maximum Gasteiger partial charge on any atom is 0.341 e. The van der Waals surface area contributed by atoms with Crippen molar-refractivity contribution in [2.45, 2.75) is 6.92 Å². The Morgan fingerprint density at radius 3 is 2.55 bits per heavy atom. The Morgan fingerprint density at radius 1 is 1.13 bits per heavy atom. The molecule has 1 aromatic heterocycles. The summed E-state index contributed by atoms with van der Waals surface area (Å²) in [6, 6.07) is 18.5. The molecule has 0 aliphatic carbocycles. The molecule has 0 radical (unpaired) electrons. The number of aromatic nitrogens is 1. The first kappa shape index (κ1) is 26.8. The van der Waals surface area contributed by atoms with Crippen molar-refractivity contribution in [3.05, 3.63) is 87.2 Å². The molecule has 38 heavy (non-hydrogen) atoms. The van der Waals surface area contributed by atoms with Crippen LogP contribution in [0.25, 0.3) is 11.3 Å². The number of hydrogen-bond donors (Lipinski definition) is 3. The lowest BCUT2D eigenvalue weighted by Gasteiger charge is -2.12. The van der Waals surface area contributed by atoms with E-state index in [0.717, 1.165) is 22.1 Å². The Morgan fingerprint density at radius 2 is 1.87 bits per heavy atom. The summed E-state index contributed by atoms with van der Waals surface area (Å²) < 4.78 is 11.0. The summed E-state index contributed by atoms with van der Waals surface area (Å²) in [6.45, 7) is 1.53. The first-order valence-electron chi connectivity index (χ1n) is 11.3. The number of amides is 1. The molecule has 0 bridgehead atoms. The summed E-state index contributed by atoms with van der Waals surface area (Å²) in [7, 11) is 1.44. The number of ether oxygens (including phenoxy) is 2. The molecular formula is C27H23BrN4O5S. The van der Waals surface area contributed by atoms with Gasteiger partial charge in [0.05, 0.1) is 23.5 Å². The van der Waals surface area contributed by atoms with E-state index < -0.39 is 12.6 Å². The zero-order chi connectivity index (χ0) is 27.1. The maximum atomic E-state index is 12.5. The topological polar surface area (TPSA) is 122 Å².